The van der Waals surface area contributed by atoms with E-state index in [1.165, 1.54) is 18.2 Å². The van der Waals surface area contributed by atoms with Crippen molar-refractivity contribution in [1.29, 1.82) is 0 Å². The number of hydrogen-bond acceptors (Lipinski definition) is 4. The van der Waals surface area contributed by atoms with Gasteiger partial charge in [-0.25, -0.2) is 13.1 Å². The maximum Gasteiger partial charge on any atom is 0.242 e. The lowest BCUT2D eigenvalue weighted by molar-refractivity contribution is 0.560. The van der Waals surface area contributed by atoms with Crippen LogP contribution < -0.4 is 10.5 Å². The highest BCUT2D eigenvalue weighted by Gasteiger charge is 2.20. The first-order chi connectivity index (χ1) is 9.38. The summed E-state index contributed by atoms with van der Waals surface area (Å²) in [6.45, 7) is 1.82. The largest absolute Gasteiger partial charge is 0.398 e. The van der Waals surface area contributed by atoms with E-state index in [1.54, 1.807) is 11.3 Å². The lowest BCUT2D eigenvalue weighted by Crippen LogP contribution is -2.34. The highest BCUT2D eigenvalue weighted by molar-refractivity contribution is 7.89. The molecule has 0 aliphatic carbocycles. The van der Waals surface area contributed by atoms with Crippen LogP contribution in [0.5, 0.6) is 0 Å². The van der Waals surface area contributed by atoms with Crippen molar-refractivity contribution < 1.29 is 8.42 Å². The molecule has 0 saturated carbocycles. The Morgan fingerprint density at radius 1 is 1.40 bits per heavy atom. The van der Waals surface area contributed by atoms with Crippen molar-refractivity contribution in [2.24, 2.45) is 0 Å². The second-order valence-electron chi connectivity index (χ2n) is 4.54. The lowest BCUT2D eigenvalue weighted by atomic mass is 10.1. The average molecular weight is 331 g/mol. The van der Waals surface area contributed by atoms with Gasteiger partial charge in [-0.1, -0.05) is 11.6 Å². The molecule has 0 spiro atoms. The number of sulfonamides is 1. The molecular formula is C13H15ClN2O2S2. The van der Waals surface area contributed by atoms with Crippen LogP contribution in [0.15, 0.2) is 39.9 Å². The van der Waals surface area contributed by atoms with Crippen molar-refractivity contribution in [3.63, 3.8) is 0 Å². The van der Waals surface area contributed by atoms with Crippen LogP contribution in [0.3, 0.4) is 0 Å². The normalized spacial score (nSPS) is 13.3. The summed E-state index contributed by atoms with van der Waals surface area (Å²) in [5, 5.41) is 4.38. The third-order valence-electron chi connectivity index (χ3n) is 2.74. The van der Waals surface area contributed by atoms with Gasteiger partial charge in [-0.3, -0.25) is 0 Å². The molecule has 0 aliphatic rings. The van der Waals surface area contributed by atoms with Crippen molar-refractivity contribution in [2.45, 2.75) is 24.3 Å². The van der Waals surface area contributed by atoms with Gasteiger partial charge in [0.2, 0.25) is 10.0 Å². The van der Waals surface area contributed by atoms with Gasteiger partial charge >= 0.3 is 0 Å². The second-order valence-corrected chi connectivity index (χ2v) is 7.44. The van der Waals surface area contributed by atoms with Crippen LogP contribution in [-0.4, -0.2) is 14.5 Å². The minimum atomic E-state index is -3.64. The molecular weight excluding hydrogens is 316 g/mol. The first-order valence-corrected chi connectivity index (χ1v) is 8.77. The van der Waals surface area contributed by atoms with Crippen molar-refractivity contribution in [3.05, 3.63) is 45.6 Å². The summed E-state index contributed by atoms with van der Waals surface area (Å²) in [6, 6.07) is 6.11. The van der Waals surface area contributed by atoms with Gasteiger partial charge < -0.3 is 5.73 Å². The molecule has 1 atom stereocenters. The number of benzene rings is 1. The van der Waals surface area contributed by atoms with Gasteiger partial charge in [-0.15, -0.1) is 0 Å². The molecule has 4 nitrogen and oxygen atoms in total. The van der Waals surface area contributed by atoms with E-state index in [0.29, 0.717) is 11.4 Å². The maximum atomic E-state index is 12.3. The van der Waals surface area contributed by atoms with Gasteiger partial charge in [-0.2, -0.15) is 11.3 Å². The van der Waals surface area contributed by atoms with E-state index in [9.17, 15) is 8.42 Å². The first kappa shape index (κ1) is 15.3. The molecule has 0 radical (unpaired) electrons. The van der Waals surface area contributed by atoms with Gasteiger partial charge in [0.25, 0.3) is 0 Å². The second kappa shape index (κ2) is 6.13. The fourth-order valence-electron chi connectivity index (χ4n) is 1.90. The number of hydrogen-bond donors (Lipinski definition) is 2. The molecule has 0 saturated heterocycles. The predicted molar refractivity (Wildman–Crippen MR) is 83.7 cm³/mol. The number of nitrogens with two attached hydrogens (primary N) is 1. The minimum Gasteiger partial charge on any atom is -0.398 e. The molecule has 1 unspecified atom stereocenters. The molecule has 2 rings (SSSR count). The molecule has 0 bridgehead atoms. The Kier molecular flexibility index (Phi) is 4.70. The van der Waals surface area contributed by atoms with E-state index in [0.717, 1.165) is 5.56 Å². The minimum absolute atomic E-state index is 0.0547. The van der Waals surface area contributed by atoms with Crippen LogP contribution in [0.25, 0.3) is 0 Å². The highest BCUT2D eigenvalue weighted by Crippen LogP contribution is 2.22. The zero-order chi connectivity index (χ0) is 14.8. The molecule has 0 aliphatic heterocycles. The predicted octanol–water partition coefficient (Wildman–Crippen LogP) is 2.89. The average Bonchev–Trinajstić information content (AvgIpc) is 2.79. The van der Waals surface area contributed by atoms with Crippen LogP contribution in [0.4, 0.5) is 5.69 Å². The summed E-state index contributed by atoms with van der Waals surface area (Å²) >= 11 is 7.36. The van der Waals surface area contributed by atoms with Crippen molar-refractivity contribution >= 4 is 38.6 Å². The Morgan fingerprint density at radius 3 is 2.75 bits per heavy atom. The van der Waals surface area contributed by atoms with Crippen LogP contribution in [0.1, 0.15) is 12.5 Å². The van der Waals surface area contributed by atoms with Crippen LogP contribution in [0.2, 0.25) is 5.02 Å². The summed E-state index contributed by atoms with van der Waals surface area (Å²) < 4.78 is 27.2. The molecule has 1 aromatic carbocycles. The molecule has 0 fully saturated rings. The fourth-order valence-corrected chi connectivity index (χ4v) is 4.11. The van der Waals surface area contributed by atoms with Crippen molar-refractivity contribution in [3.8, 4) is 0 Å². The van der Waals surface area contributed by atoms with Gasteiger partial charge in [0.15, 0.2) is 0 Å². The smallest absolute Gasteiger partial charge is 0.242 e. The monoisotopic (exact) mass is 330 g/mol. The first-order valence-electron chi connectivity index (χ1n) is 5.97. The number of rotatable bonds is 5. The molecule has 1 aromatic heterocycles. The maximum absolute atomic E-state index is 12.3. The quantitative estimate of drug-likeness (QED) is 0.828. The number of nitrogen functional groups attached to an aromatic ring is 1. The van der Waals surface area contributed by atoms with Gasteiger partial charge in [0.05, 0.1) is 5.69 Å². The van der Waals surface area contributed by atoms with E-state index in [4.69, 9.17) is 17.3 Å². The number of thiophene rings is 1. The molecule has 3 N–H and O–H groups in total. The summed E-state index contributed by atoms with van der Waals surface area (Å²) in [5.74, 6) is 0. The molecule has 1 heterocycles. The fraction of sp³-hybridized carbons (Fsp3) is 0.231. The zero-order valence-electron chi connectivity index (χ0n) is 10.8. The SMILES string of the molecule is CC(Cc1ccsc1)NS(=O)(=O)c1ccc(Cl)cc1N. The standard InChI is InChI=1S/C13H15ClN2O2S2/c1-9(6-10-4-5-19-8-10)16-20(17,18)13-3-2-11(14)7-12(13)15/h2-5,7-9,16H,6,15H2,1H3. The van der Waals surface area contributed by atoms with Crippen molar-refractivity contribution in [1.82, 2.24) is 4.72 Å². The summed E-state index contributed by atoms with van der Waals surface area (Å²) in [6.07, 6.45) is 0.635. The zero-order valence-corrected chi connectivity index (χ0v) is 13.2. The van der Waals surface area contributed by atoms with E-state index >= 15 is 0 Å². The third kappa shape index (κ3) is 3.73. The highest BCUT2D eigenvalue weighted by atomic mass is 35.5. The Morgan fingerprint density at radius 2 is 2.15 bits per heavy atom. The van der Waals surface area contributed by atoms with Gasteiger partial charge in [0.1, 0.15) is 4.90 Å². The molecule has 20 heavy (non-hydrogen) atoms. The topological polar surface area (TPSA) is 72.2 Å². The van der Waals surface area contributed by atoms with E-state index < -0.39 is 10.0 Å². The third-order valence-corrected chi connectivity index (χ3v) is 5.37. The molecule has 0 amide bonds. The molecule has 108 valence electrons. The van der Waals surface area contributed by atoms with Gasteiger partial charge in [-0.05, 0) is 53.9 Å². The molecule has 2 aromatic rings. The Labute approximate surface area is 127 Å². The van der Waals surface area contributed by atoms with Crippen molar-refractivity contribution in [2.75, 3.05) is 5.73 Å². The Hall–Kier alpha value is -1.08. The van der Waals surface area contributed by atoms with Gasteiger partial charge in [0, 0.05) is 11.1 Å². The summed E-state index contributed by atoms with van der Waals surface area (Å²) in [5.41, 5.74) is 6.97. The molecule has 7 heteroatoms. The van der Waals surface area contributed by atoms with E-state index in [2.05, 4.69) is 4.72 Å². The number of anilines is 1. The van der Waals surface area contributed by atoms with E-state index in [-0.39, 0.29) is 16.6 Å². The summed E-state index contributed by atoms with van der Waals surface area (Å²) in [4.78, 5) is 0.0547. The summed E-state index contributed by atoms with van der Waals surface area (Å²) in [7, 11) is -3.64. The number of nitrogens with one attached hydrogen (secondary N) is 1. The van der Waals surface area contributed by atoms with Crippen LogP contribution in [0, 0.1) is 0 Å². The van der Waals surface area contributed by atoms with Crippen LogP contribution >= 0.6 is 22.9 Å². The lowest BCUT2D eigenvalue weighted by Gasteiger charge is -2.15. The van der Waals surface area contributed by atoms with Crippen LogP contribution in [-0.2, 0) is 16.4 Å². The van der Waals surface area contributed by atoms with E-state index in [1.807, 2.05) is 23.8 Å². The Bertz CT molecular complexity index is 684. The number of halogens is 1. The Balaban J connectivity index is 2.14.